The fraction of sp³-hybridized carbons (Fsp3) is 0.462. The van der Waals surface area contributed by atoms with Crippen molar-refractivity contribution in [1.82, 2.24) is 0 Å². The first kappa shape index (κ1) is 11.1. The van der Waals surface area contributed by atoms with E-state index in [1.165, 1.54) is 5.56 Å². The van der Waals surface area contributed by atoms with Gasteiger partial charge in [0, 0.05) is 12.7 Å². The summed E-state index contributed by atoms with van der Waals surface area (Å²) in [5.41, 5.74) is 1.57. The number of rotatable bonds is 3. The van der Waals surface area contributed by atoms with Gasteiger partial charge in [-0.2, -0.15) is 0 Å². The predicted molar refractivity (Wildman–Crippen MR) is 63.3 cm³/mol. The topological polar surface area (TPSA) is 40.5 Å². The molecule has 1 aliphatic carbocycles. The van der Waals surface area contributed by atoms with E-state index in [-0.39, 0.29) is 12.5 Å². The van der Waals surface area contributed by atoms with Gasteiger partial charge in [-0.25, -0.2) is 0 Å². The number of anilines is 1. The number of amides is 1. The number of hydrogen-bond donors (Lipinski definition) is 1. The average molecular weight is 219 g/mol. The number of benzene rings is 1. The molecule has 1 aliphatic rings. The first-order valence-corrected chi connectivity index (χ1v) is 5.55. The highest BCUT2D eigenvalue weighted by atomic mass is 16.3. The van der Waals surface area contributed by atoms with Crippen LogP contribution in [0.15, 0.2) is 24.3 Å². The summed E-state index contributed by atoms with van der Waals surface area (Å²) >= 11 is 0. The molecule has 16 heavy (non-hydrogen) atoms. The summed E-state index contributed by atoms with van der Waals surface area (Å²) < 4.78 is 0. The van der Waals surface area contributed by atoms with E-state index in [1.807, 2.05) is 31.2 Å². The van der Waals surface area contributed by atoms with Crippen molar-refractivity contribution >= 4 is 11.6 Å². The van der Waals surface area contributed by atoms with Gasteiger partial charge in [-0.15, -0.1) is 0 Å². The third-order valence-corrected chi connectivity index (χ3v) is 3.34. The van der Waals surface area contributed by atoms with Crippen LogP contribution < -0.4 is 4.90 Å². The smallest absolute Gasteiger partial charge is 0.235 e. The van der Waals surface area contributed by atoms with E-state index in [1.54, 1.807) is 11.9 Å². The van der Waals surface area contributed by atoms with Gasteiger partial charge in [0.2, 0.25) is 5.91 Å². The summed E-state index contributed by atoms with van der Waals surface area (Å²) in [6, 6.07) is 7.83. The lowest BCUT2D eigenvalue weighted by atomic mass is 10.1. The van der Waals surface area contributed by atoms with Gasteiger partial charge in [-0.1, -0.05) is 17.7 Å². The Labute approximate surface area is 95.7 Å². The van der Waals surface area contributed by atoms with Crippen LogP contribution in [0.3, 0.4) is 0 Å². The minimum absolute atomic E-state index is 0.0267. The molecule has 0 unspecified atom stereocenters. The fourth-order valence-electron chi connectivity index (χ4n) is 1.83. The molecule has 0 atom stereocenters. The fourth-order valence-corrected chi connectivity index (χ4v) is 1.83. The van der Waals surface area contributed by atoms with Crippen molar-refractivity contribution < 1.29 is 9.90 Å². The Morgan fingerprint density at radius 3 is 2.38 bits per heavy atom. The van der Waals surface area contributed by atoms with Crippen molar-refractivity contribution in [3.8, 4) is 0 Å². The van der Waals surface area contributed by atoms with Crippen LogP contribution >= 0.6 is 0 Å². The van der Waals surface area contributed by atoms with E-state index in [4.69, 9.17) is 0 Å². The van der Waals surface area contributed by atoms with Crippen LogP contribution in [0.1, 0.15) is 18.4 Å². The van der Waals surface area contributed by atoms with Crippen LogP contribution in [0.4, 0.5) is 5.69 Å². The lowest BCUT2D eigenvalue weighted by molar-refractivity contribution is -0.124. The maximum Gasteiger partial charge on any atom is 0.235 e. The monoisotopic (exact) mass is 219 g/mol. The zero-order chi connectivity index (χ0) is 11.8. The number of hydrogen-bond acceptors (Lipinski definition) is 2. The molecular weight excluding hydrogens is 202 g/mol. The number of aliphatic hydroxyl groups is 1. The maximum absolute atomic E-state index is 12.1. The molecule has 2 rings (SSSR count). The lowest BCUT2D eigenvalue weighted by Gasteiger charge is -2.22. The molecule has 1 saturated carbocycles. The van der Waals surface area contributed by atoms with Crippen molar-refractivity contribution in [3.63, 3.8) is 0 Å². The van der Waals surface area contributed by atoms with E-state index in [0.717, 1.165) is 18.5 Å². The van der Waals surface area contributed by atoms with Gasteiger partial charge in [0.25, 0.3) is 0 Å². The maximum atomic E-state index is 12.1. The van der Waals surface area contributed by atoms with Crippen molar-refractivity contribution in [1.29, 1.82) is 0 Å². The van der Waals surface area contributed by atoms with E-state index < -0.39 is 5.41 Å². The second-order valence-corrected chi connectivity index (χ2v) is 4.64. The second-order valence-electron chi connectivity index (χ2n) is 4.64. The zero-order valence-electron chi connectivity index (χ0n) is 9.73. The summed E-state index contributed by atoms with van der Waals surface area (Å²) in [6.07, 6.45) is 1.61. The molecule has 86 valence electrons. The largest absolute Gasteiger partial charge is 0.395 e. The molecule has 3 nitrogen and oxygen atoms in total. The number of carbonyl (C=O) groups is 1. The molecule has 0 aromatic heterocycles. The summed E-state index contributed by atoms with van der Waals surface area (Å²) in [4.78, 5) is 13.8. The molecule has 0 aliphatic heterocycles. The number of carbonyl (C=O) groups excluding carboxylic acids is 1. The Kier molecular flexibility index (Phi) is 2.72. The first-order valence-electron chi connectivity index (χ1n) is 5.55. The normalized spacial score (nSPS) is 16.9. The van der Waals surface area contributed by atoms with E-state index in [2.05, 4.69) is 0 Å². The minimum atomic E-state index is -0.486. The van der Waals surface area contributed by atoms with E-state index >= 15 is 0 Å². The van der Waals surface area contributed by atoms with Crippen molar-refractivity contribution in [2.45, 2.75) is 19.8 Å². The molecule has 0 radical (unpaired) electrons. The molecule has 1 N–H and O–H groups in total. The molecule has 0 spiro atoms. The van der Waals surface area contributed by atoms with Gasteiger partial charge in [-0.05, 0) is 31.9 Å². The molecule has 1 amide bonds. The average Bonchev–Trinajstić information content (AvgIpc) is 3.09. The van der Waals surface area contributed by atoms with Crippen molar-refractivity contribution in [2.75, 3.05) is 18.6 Å². The molecule has 1 aromatic carbocycles. The van der Waals surface area contributed by atoms with E-state index in [0.29, 0.717) is 0 Å². The highest BCUT2D eigenvalue weighted by Crippen LogP contribution is 2.46. The molecule has 0 bridgehead atoms. The van der Waals surface area contributed by atoms with Crippen LogP contribution in [0, 0.1) is 12.3 Å². The number of nitrogens with zero attached hydrogens (tertiary/aromatic N) is 1. The highest BCUT2D eigenvalue weighted by Gasteiger charge is 2.50. The molecular formula is C13H17NO2. The Morgan fingerprint density at radius 1 is 1.38 bits per heavy atom. The quantitative estimate of drug-likeness (QED) is 0.841. The second kappa shape index (κ2) is 3.91. The van der Waals surface area contributed by atoms with Gasteiger partial charge >= 0.3 is 0 Å². The summed E-state index contributed by atoms with van der Waals surface area (Å²) in [5, 5.41) is 9.22. The van der Waals surface area contributed by atoms with Gasteiger partial charge in [-0.3, -0.25) is 4.79 Å². The van der Waals surface area contributed by atoms with Crippen molar-refractivity contribution in [2.24, 2.45) is 5.41 Å². The zero-order valence-corrected chi connectivity index (χ0v) is 9.73. The molecule has 0 heterocycles. The van der Waals surface area contributed by atoms with Gasteiger partial charge in [0.05, 0.1) is 12.0 Å². The molecule has 3 heteroatoms. The SMILES string of the molecule is Cc1ccc(N(C)C(=O)C2(CO)CC2)cc1. The van der Waals surface area contributed by atoms with Gasteiger partial charge in [0.1, 0.15) is 0 Å². The Bertz CT molecular complexity index is 393. The summed E-state index contributed by atoms with van der Waals surface area (Å²) in [5.74, 6) is 0.0267. The van der Waals surface area contributed by atoms with Crippen molar-refractivity contribution in [3.05, 3.63) is 29.8 Å². The minimum Gasteiger partial charge on any atom is -0.395 e. The lowest BCUT2D eigenvalue weighted by Crippen LogP contribution is -2.36. The molecule has 1 fully saturated rings. The van der Waals surface area contributed by atoms with Gasteiger partial charge < -0.3 is 10.0 Å². The third-order valence-electron chi connectivity index (χ3n) is 3.34. The highest BCUT2D eigenvalue weighted by molar-refractivity contribution is 5.99. The Hall–Kier alpha value is -1.35. The summed E-state index contributed by atoms with van der Waals surface area (Å²) in [6.45, 7) is 1.98. The van der Waals surface area contributed by atoms with Crippen LogP contribution in [-0.2, 0) is 4.79 Å². The standard InChI is InChI=1S/C13H17NO2/c1-10-3-5-11(6-4-10)14(2)12(16)13(9-15)7-8-13/h3-6,15H,7-9H2,1-2H3. The van der Waals surface area contributed by atoms with Crippen LogP contribution in [0.5, 0.6) is 0 Å². The Balaban J connectivity index is 2.16. The van der Waals surface area contributed by atoms with E-state index in [9.17, 15) is 9.90 Å². The van der Waals surface area contributed by atoms with Crippen LogP contribution in [-0.4, -0.2) is 24.7 Å². The predicted octanol–water partition coefficient (Wildman–Crippen LogP) is 1.73. The van der Waals surface area contributed by atoms with Crippen LogP contribution in [0.2, 0.25) is 0 Å². The Morgan fingerprint density at radius 2 is 1.94 bits per heavy atom. The first-order chi connectivity index (χ1) is 7.59. The summed E-state index contributed by atoms with van der Waals surface area (Å²) in [7, 11) is 1.77. The number of aliphatic hydroxyl groups excluding tert-OH is 1. The molecule has 0 saturated heterocycles. The third kappa shape index (κ3) is 1.83. The van der Waals surface area contributed by atoms with Gasteiger partial charge in [0.15, 0.2) is 0 Å². The molecule has 1 aromatic rings. The number of aryl methyl sites for hydroxylation is 1. The van der Waals surface area contributed by atoms with Crippen LogP contribution in [0.25, 0.3) is 0 Å².